The minimum absolute atomic E-state index is 0.409. The van der Waals surface area contributed by atoms with Gasteiger partial charge in [-0.1, -0.05) is 11.3 Å². The topological polar surface area (TPSA) is 54.0 Å². The lowest BCUT2D eigenvalue weighted by Crippen LogP contribution is -2.37. The molecule has 0 aliphatic carbocycles. The predicted octanol–water partition coefficient (Wildman–Crippen LogP) is 0.935. The summed E-state index contributed by atoms with van der Waals surface area (Å²) in [5.74, 6) is 0. The lowest BCUT2D eigenvalue weighted by Gasteiger charge is -2.28. The van der Waals surface area contributed by atoms with Gasteiger partial charge < -0.3 is 9.64 Å². The fourth-order valence-electron chi connectivity index (χ4n) is 2.78. The van der Waals surface area contributed by atoms with Gasteiger partial charge in [0.15, 0.2) is 0 Å². The average Bonchev–Trinajstić information content (AvgIpc) is 3.03. The molecule has 0 spiro atoms. The van der Waals surface area contributed by atoms with Crippen LogP contribution in [0.4, 0.5) is 5.69 Å². The number of aromatic nitrogens is 3. The first kappa shape index (κ1) is 8.52. The zero-order valence-corrected chi connectivity index (χ0v) is 8.76. The van der Waals surface area contributed by atoms with Crippen LogP contribution in [0.3, 0.4) is 0 Å². The van der Waals surface area contributed by atoms with Gasteiger partial charge in [0.05, 0.1) is 30.0 Å². The van der Waals surface area contributed by atoms with Crippen molar-refractivity contribution in [1.82, 2.24) is 15.4 Å². The average molecular weight is 216 g/mol. The first-order valence-electron chi connectivity index (χ1n) is 5.60. The molecule has 4 rings (SSSR count). The number of fused-ring (bicyclic) bond motifs is 3. The first-order chi connectivity index (χ1) is 7.92. The van der Waals surface area contributed by atoms with Crippen molar-refractivity contribution in [3.8, 4) is 0 Å². The van der Waals surface area contributed by atoms with Crippen LogP contribution in [0.1, 0.15) is 6.42 Å². The highest BCUT2D eigenvalue weighted by Gasteiger charge is 2.39. The van der Waals surface area contributed by atoms with Gasteiger partial charge in [-0.2, -0.15) is 0 Å². The molecule has 2 aliphatic rings. The molecule has 1 aromatic heterocycles. The van der Waals surface area contributed by atoms with E-state index in [1.807, 2.05) is 12.1 Å². The molecule has 2 aliphatic heterocycles. The second kappa shape index (κ2) is 2.95. The maximum atomic E-state index is 5.61. The van der Waals surface area contributed by atoms with Crippen molar-refractivity contribution < 1.29 is 4.74 Å². The molecule has 16 heavy (non-hydrogen) atoms. The van der Waals surface area contributed by atoms with Crippen molar-refractivity contribution in [2.45, 2.75) is 18.6 Å². The summed E-state index contributed by atoms with van der Waals surface area (Å²) in [7, 11) is 0. The van der Waals surface area contributed by atoms with Gasteiger partial charge in [0.1, 0.15) is 5.52 Å². The number of nitrogens with one attached hydrogen (secondary N) is 1. The molecule has 0 amide bonds. The maximum Gasteiger partial charge on any atom is 0.136 e. The van der Waals surface area contributed by atoms with Crippen LogP contribution in [0.15, 0.2) is 18.2 Å². The third kappa shape index (κ3) is 1.03. The highest BCUT2D eigenvalue weighted by molar-refractivity contribution is 5.88. The zero-order chi connectivity index (χ0) is 10.5. The van der Waals surface area contributed by atoms with E-state index in [0.717, 1.165) is 30.6 Å². The van der Waals surface area contributed by atoms with Crippen LogP contribution in [-0.2, 0) is 4.74 Å². The molecule has 2 fully saturated rings. The number of anilines is 1. The van der Waals surface area contributed by atoms with Gasteiger partial charge >= 0.3 is 0 Å². The molecule has 3 heterocycles. The molecule has 5 nitrogen and oxygen atoms in total. The Kier molecular flexibility index (Phi) is 1.57. The van der Waals surface area contributed by atoms with Gasteiger partial charge in [0.2, 0.25) is 0 Å². The summed E-state index contributed by atoms with van der Waals surface area (Å²) < 4.78 is 5.61. The number of rotatable bonds is 1. The van der Waals surface area contributed by atoms with E-state index >= 15 is 0 Å². The van der Waals surface area contributed by atoms with E-state index in [0.29, 0.717) is 12.1 Å². The van der Waals surface area contributed by atoms with E-state index in [4.69, 9.17) is 4.74 Å². The van der Waals surface area contributed by atoms with E-state index in [9.17, 15) is 0 Å². The Bertz CT molecular complexity index is 538. The number of H-pyrrole nitrogens is 1. The number of nitrogens with zero attached hydrogens (tertiary/aromatic N) is 3. The van der Waals surface area contributed by atoms with E-state index in [1.54, 1.807) is 0 Å². The minimum Gasteiger partial charge on any atom is -0.374 e. The molecule has 5 heteroatoms. The molecule has 0 radical (unpaired) electrons. The Labute approximate surface area is 92.4 Å². The number of morpholine rings is 1. The van der Waals surface area contributed by atoms with Crippen molar-refractivity contribution >= 4 is 16.7 Å². The number of benzene rings is 1. The van der Waals surface area contributed by atoms with Crippen molar-refractivity contribution in [1.29, 1.82) is 0 Å². The molecule has 1 aromatic carbocycles. The Morgan fingerprint density at radius 3 is 3.25 bits per heavy atom. The molecular weight excluding hydrogens is 204 g/mol. The van der Waals surface area contributed by atoms with Crippen molar-refractivity contribution in [2.24, 2.45) is 0 Å². The highest BCUT2D eigenvalue weighted by atomic mass is 16.5. The number of aromatic amines is 1. The van der Waals surface area contributed by atoms with E-state index < -0.39 is 0 Å². The van der Waals surface area contributed by atoms with E-state index in [1.165, 1.54) is 5.69 Å². The lowest BCUT2D eigenvalue weighted by molar-refractivity contribution is 0.0992. The summed E-state index contributed by atoms with van der Waals surface area (Å²) in [5.41, 5.74) is 3.15. The number of hydrogen-bond acceptors (Lipinski definition) is 4. The molecular formula is C11H12N4O. The molecule has 2 bridgehead atoms. The van der Waals surface area contributed by atoms with Gasteiger partial charge in [-0.15, -0.1) is 5.10 Å². The second-order valence-corrected chi connectivity index (χ2v) is 4.48. The maximum absolute atomic E-state index is 5.61. The SMILES string of the molecule is c1cc(N2CC3CC2CO3)c2nn[nH]c2c1. The summed E-state index contributed by atoms with van der Waals surface area (Å²) in [6.07, 6.45) is 1.56. The van der Waals surface area contributed by atoms with Crippen LogP contribution >= 0.6 is 0 Å². The van der Waals surface area contributed by atoms with Gasteiger partial charge in [-0.3, -0.25) is 5.10 Å². The number of ether oxygens (including phenoxy) is 1. The van der Waals surface area contributed by atoms with E-state index in [-0.39, 0.29) is 0 Å². The fourth-order valence-corrected chi connectivity index (χ4v) is 2.78. The van der Waals surface area contributed by atoms with Gasteiger partial charge in [-0.05, 0) is 18.6 Å². The van der Waals surface area contributed by atoms with Gasteiger partial charge in [0, 0.05) is 6.54 Å². The summed E-state index contributed by atoms with van der Waals surface area (Å²) in [6, 6.07) is 6.69. The van der Waals surface area contributed by atoms with Gasteiger partial charge in [-0.25, -0.2) is 0 Å². The van der Waals surface area contributed by atoms with Crippen LogP contribution in [0, 0.1) is 0 Å². The molecule has 2 atom stereocenters. The molecule has 82 valence electrons. The Balaban J connectivity index is 1.84. The third-order valence-corrected chi connectivity index (χ3v) is 3.54. The Morgan fingerprint density at radius 2 is 2.44 bits per heavy atom. The highest BCUT2D eigenvalue weighted by Crippen LogP contribution is 2.35. The van der Waals surface area contributed by atoms with Crippen LogP contribution < -0.4 is 4.90 Å². The van der Waals surface area contributed by atoms with Crippen LogP contribution in [-0.4, -0.2) is 40.7 Å². The molecule has 2 aromatic rings. The second-order valence-electron chi connectivity index (χ2n) is 4.48. The molecule has 0 saturated carbocycles. The summed E-state index contributed by atoms with van der Waals surface area (Å²) in [4.78, 5) is 2.40. The van der Waals surface area contributed by atoms with Gasteiger partial charge in [0.25, 0.3) is 0 Å². The smallest absolute Gasteiger partial charge is 0.136 e. The summed E-state index contributed by atoms with van der Waals surface area (Å²) in [5, 5.41) is 10.9. The fraction of sp³-hybridized carbons (Fsp3) is 0.455. The Hall–Kier alpha value is -1.62. The van der Waals surface area contributed by atoms with Crippen molar-refractivity contribution in [3.63, 3.8) is 0 Å². The van der Waals surface area contributed by atoms with Crippen LogP contribution in [0.25, 0.3) is 11.0 Å². The van der Waals surface area contributed by atoms with Crippen molar-refractivity contribution in [2.75, 3.05) is 18.1 Å². The predicted molar refractivity (Wildman–Crippen MR) is 59.4 cm³/mol. The lowest BCUT2D eigenvalue weighted by atomic mass is 10.2. The van der Waals surface area contributed by atoms with E-state index in [2.05, 4.69) is 26.4 Å². The Morgan fingerprint density at radius 1 is 1.44 bits per heavy atom. The molecule has 1 N–H and O–H groups in total. The molecule has 2 unspecified atom stereocenters. The third-order valence-electron chi connectivity index (χ3n) is 3.54. The van der Waals surface area contributed by atoms with Crippen LogP contribution in [0.2, 0.25) is 0 Å². The van der Waals surface area contributed by atoms with Crippen LogP contribution in [0.5, 0.6) is 0 Å². The zero-order valence-electron chi connectivity index (χ0n) is 8.76. The number of hydrogen-bond donors (Lipinski definition) is 1. The molecule has 2 saturated heterocycles. The summed E-state index contributed by atoms with van der Waals surface area (Å²) >= 11 is 0. The van der Waals surface area contributed by atoms with Crippen molar-refractivity contribution in [3.05, 3.63) is 18.2 Å². The monoisotopic (exact) mass is 216 g/mol. The normalized spacial score (nSPS) is 28.1. The summed E-state index contributed by atoms with van der Waals surface area (Å²) in [6.45, 7) is 1.83. The largest absolute Gasteiger partial charge is 0.374 e. The first-order valence-corrected chi connectivity index (χ1v) is 5.60. The minimum atomic E-state index is 0.409. The standard InChI is InChI=1S/C11H12N4O/c1-2-9-11(13-14-12-9)10(3-1)15-5-8-4-7(15)6-16-8/h1-3,7-8H,4-6H2,(H,12,13,14). The quantitative estimate of drug-likeness (QED) is 0.770.